The zero-order valence-corrected chi connectivity index (χ0v) is 18.8. The number of hydrogen-bond acceptors (Lipinski definition) is 3. The van der Waals surface area contributed by atoms with Crippen LogP contribution in [0, 0.1) is 0 Å². The summed E-state index contributed by atoms with van der Waals surface area (Å²) in [5.41, 5.74) is 0. The van der Waals surface area contributed by atoms with E-state index >= 15 is 0 Å². The molecule has 164 valence electrons. The lowest BCUT2D eigenvalue weighted by atomic mass is 10.0. The minimum Gasteiger partial charge on any atom is -0.396 e. The topological polar surface area (TPSA) is 74.6 Å². The molecule has 0 aliphatic heterocycles. The fourth-order valence-corrected chi connectivity index (χ4v) is 4.05. The van der Waals surface area contributed by atoms with Crippen LogP contribution in [0.1, 0.15) is 96.3 Å². The minimum atomic E-state index is -3.82. The van der Waals surface area contributed by atoms with Crippen LogP contribution in [-0.4, -0.2) is 62.1 Å². The number of unbranched alkanes of at least 4 members (excludes halogenated alkanes) is 13. The molecule has 27 heavy (non-hydrogen) atoms. The number of aliphatic hydroxyl groups excluding tert-OH is 1. The number of quaternary nitrogens is 1. The van der Waals surface area contributed by atoms with Gasteiger partial charge in [0.05, 0.1) is 32.9 Å². The Hall–Kier alpha value is -0.170. The Balaban J connectivity index is 3.32. The van der Waals surface area contributed by atoms with Crippen molar-refractivity contribution in [2.24, 2.45) is 0 Å². The van der Waals surface area contributed by atoms with E-state index in [2.05, 4.69) is 14.1 Å². The number of hydrogen-bond donors (Lipinski definition) is 2. The Labute approximate surface area is 168 Å². The average molecular weight is 409 g/mol. The molecular weight excluding hydrogens is 362 g/mol. The predicted octanol–water partition coefficient (Wildman–Crippen LogP) is 4.79. The van der Waals surface area contributed by atoms with E-state index in [1.54, 1.807) is 0 Å². The van der Waals surface area contributed by atoms with E-state index < -0.39 is 10.1 Å². The van der Waals surface area contributed by atoms with Gasteiger partial charge in [-0.25, -0.2) is 0 Å². The van der Waals surface area contributed by atoms with Crippen LogP contribution in [0.4, 0.5) is 0 Å². The van der Waals surface area contributed by atoms with Gasteiger partial charge < -0.3 is 9.59 Å². The second kappa shape index (κ2) is 16.8. The second-order valence-electron chi connectivity index (χ2n) is 8.70. The summed E-state index contributed by atoms with van der Waals surface area (Å²) >= 11 is 0. The largest absolute Gasteiger partial charge is 0.396 e. The number of nitrogens with zero attached hydrogens (tertiary/aromatic N) is 1. The van der Waals surface area contributed by atoms with Gasteiger partial charge in [-0.1, -0.05) is 70.6 Å². The predicted molar refractivity (Wildman–Crippen MR) is 115 cm³/mol. The summed E-state index contributed by atoms with van der Waals surface area (Å²) in [6, 6.07) is 0. The van der Waals surface area contributed by atoms with Crippen molar-refractivity contribution in [1.82, 2.24) is 0 Å². The van der Waals surface area contributed by atoms with Crippen LogP contribution < -0.4 is 0 Å². The first-order valence-corrected chi connectivity index (χ1v) is 12.8. The molecule has 0 aromatic carbocycles. The highest BCUT2D eigenvalue weighted by molar-refractivity contribution is 7.85. The fourth-order valence-electron chi connectivity index (χ4n) is 3.56. The van der Waals surface area contributed by atoms with E-state index in [9.17, 15) is 8.42 Å². The molecule has 0 aromatic rings. The van der Waals surface area contributed by atoms with Crippen molar-refractivity contribution in [3.05, 3.63) is 0 Å². The average Bonchev–Trinajstić information content (AvgIpc) is 2.57. The van der Waals surface area contributed by atoms with Crippen LogP contribution >= 0.6 is 0 Å². The van der Waals surface area contributed by atoms with Gasteiger partial charge in [0, 0.05) is 13.0 Å². The molecule has 0 saturated heterocycles. The monoisotopic (exact) mass is 408 g/mol. The maximum absolute atomic E-state index is 10.8. The molecule has 0 radical (unpaired) electrons. The molecule has 0 unspecified atom stereocenters. The molecule has 6 heteroatoms. The molecule has 0 aliphatic carbocycles. The van der Waals surface area contributed by atoms with Gasteiger partial charge in [-0.3, -0.25) is 4.55 Å². The molecule has 0 aliphatic rings. The quantitative estimate of drug-likeness (QED) is 0.172. The van der Waals surface area contributed by atoms with Gasteiger partial charge in [-0.15, -0.1) is 0 Å². The van der Waals surface area contributed by atoms with Crippen molar-refractivity contribution >= 4 is 10.1 Å². The molecule has 0 heterocycles. The molecule has 2 N–H and O–H groups in total. The minimum absolute atomic E-state index is 0.127. The maximum atomic E-state index is 10.8. The second-order valence-corrected chi connectivity index (χ2v) is 10.3. The Morgan fingerprint density at radius 2 is 0.926 bits per heavy atom. The zero-order chi connectivity index (χ0) is 20.4. The van der Waals surface area contributed by atoms with Gasteiger partial charge >= 0.3 is 0 Å². The van der Waals surface area contributed by atoms with Gasteiger partial charge in [-0.2, -0.15) is 8.42 Å². The van der Waals surface area contributed by atoms with Gasteiger partial charge in [0.25, 0.3) is 10.1 Å². The lowest BCUT2D eigenvalue weighted by Crippen LogP contribution is -2.41. The first-order chi connectivity index (χ1) is 12.8. The Morgan fingerprint density at radius 1 is 0.593 bits per heavy atom. The first kappa shape index (κ1) is 26.8. The summed E-state index contributed by atoms with van der Waals surface area (Å²) in [6.07, 6.45) is 18.5. The van der Waals surface area contributed by atoms with Crippen molar-refractivity contribution in [2.45, 2.75) is 96.3 Å². The summed E-state index contributed by atoms with van der Waals surface area (Å²) in [7, 11) is 0.455. The summed E-state index contributed by atoms with van der Waals surface area (Å²) in [4.78, 5) is 0. The Morgan fingerprint density at radius 3 is 1.30 bits per heavy atom. The highest BCUT2D eigenvalue weighted by Gasteiger charge is 2.16. The van der Waals surface area contributed by atoms with Crippen LogP contribution in [0.15, 0.2) is 0 Å². The highest BCUT2D eigenvalue weighted by atomic mass is 32.2. The molecular formula is C21H46NO4S+. The lowest BCUT2D eigenvalue weighted by molar-refractivity contribution is -0.890. The standard InChI is InChI=1S/C21H45NO4S/c1-22(2,19-17-21-27(24,25)26)18-15-13-11-9-7-5-3-4-6-8-10-12-14-16-20-23/h23H,3-21H2,1-2H3/p+1. The maximum Gasteiger partial charge on any atom is 0.265 e. The van der Waals surface area contributed by atoms with Gasteiger partial charge in [-0.05, 0) is 19.3 Å². The summed E-state index contributed by atoms with van der Waals surface area (Å²) in [5.74, 6) is -0.127. The van der Waals surface area contributed by atoms with Gasteiger partial charge in [0.15, 0.2) is 0 Å². The van der Waals surface area contributed by atoms with Crippen LogP contribution in [0.3, 0.4) is 0 Å². The summed E-state index contributed by atoms with van der Waals surface area (Å²) in [5, 5.41) is 8.72. The fraction of sp³-hybridized carbons (Fsp3) is 1.00. The number of rotatable bonds is 20. The molecule has 0 rings (SSSR count). The van der Waals surface area contributed by atoms with Crippen LogP contribution in [0.25, 0.3) is 0 Å². The van der Waals surface area contributed by atoms with Crippen molar-refractivity contribution in [1.29, 1.82) is 0 Å². The molecule has 0 aromatic heterocycles. The van der Waals surface area contributed by atoms with E-state index in [-0.39, 0.29) is 5.75 Å². The third-order valence-corrected chi connectivity index (χ3v) is 6.14. The SMILES string of the molecule is C[N+](C)(CCCCCCCCCCCCCCCCO)CCCS(=O)(=O)O. The van der Waals surface area contributed by atoms with E-state index in [0.717, 1.165) is 24.0 Å². The van der Waals surface area contributed by atoms with E-state index in [0.29, 0.717) is 13.0 Å². The Bertz CT molecular complexity index is 424. The number of aliphatic hydroxyl groups is 1. The molecule has 0 fully saturated rings. The third kappa shape index (κ3) is 22.0. The lowest BCUT2D eigenvalue weighted by Gasteiger charge is -2.29. The normalized spacial score (nSPS) is 12.6. The van der Waals surface area contributed by atoms with Crippen molar-refractivity contribution in [3.63, 3.8) is 0 Å². The van der Waals surface area contributed by atoms with Crippen molar-refractivity contribution in [2.75, 3.05) is 39.5 Å². The zero-order valence-electron chi connectivity index (χ0n) is 18.0. The van der Waals surface area contributed by atoms with E-state index in [4.69, 9.17) is 9.66 Å². The highest BCUT2D eigenvalue weighted by Crippen LogP contribution is 2.13. The summed E-state index contributed by atoms with van der Waals surface area (Å²) < 4.78 is 31.1. The molecule has 0 amide bonds. The van der Waals surface area contributed by atoms with Gasteiger partial charge in [0.1, 0.15) is 0 Å². The molecule has 0 bridgehead atoms. The van der Waals surface area contributed by atoms with E-state index in [1.165, 1.54) is 83.5 Å². The summed E-state index contributed by atoms with van der Waals surface area (Å²) in [6.45, 7) is 2.21. The van der Waals surface area contributed by atoms with Crippen LogP contribution in [-0.2, 0) is 10.1 Å². The smallest absolute Gasteiger partial charge is 0.265 e. The first-order valence-electron chi connectivity index (χ1n) is 11.1. The van der Waals surface area contributed by atoms with Crippen molar-refractivity contribution < 1.29 is 22.6 Å². The van der Waals surface area contributed by atoms with E-state index in [1.807, 2.05) is 0 Å². The van der Waals surface area contributed by atoms with Crippen LogP contribution in [0.5, 0.6) is 0 Å². The molecule has 0 spiro atoms. The molecule has 0 saturated carbocycles. The van der Waals surface area contributed by atoms with Crippen LogP contribution in [0.2, 0.25) is 0 Å². The third-order valence-electron chi connectivity index (χ3n) is 5.34. The van der Waals surface area contributed by atoms with Gasteiger partial charge in [0.2, 0.25) is 0 Å². The van der Waals surface area contributed by atoms with Crippen molar-refractivity contribution in [3.8, 4) is 0 Å². The molecule has 5 nitrogen and oxygen atoms in total. The Kier molecular flexibility index (Phi) is 16.6. The molecule has 0 atom stereocenters.